The lowest BCUT2D eigenvalue weighted by atomic mass is 10.3. The Morgan fingerprint density at radius 1 is 1.09 bits per heavy atom. The van der Waals surface area contributed by atoms with Gasteiger partial charge in [-0.3, -0.25) is 0 Å². The predicted octanol–water partition coefficient (Wildman–Crippen LogP) is 4.50. The Morgan fingerprint density at radius 2 is 1.65 bits per heavy atom. The molecule has 0 saturated heterocycles. The van der Waals surface area contributed by atoms with Gasteiger partial charge >= 0.3 is 5.97 Å². The maximum absolute atomic E-state index is 12.8. The number of benzene rings is 2. The topological polar surface area (TPSA) is 47.6 Å². The van der Waals surface area contributed by atoms with Crippen LogP contribution in [0.5, 0.6) is 11.5 Å². The highest BCUT2D eigenvalue weighted by molar-refractivity contribution is 5.83. The van der Waals surface area contributed by atoms with Gasteiger partial charge in [-0.2, -0.15) is 0 Å². The molecule has 0 amide bonds. The van der Waals surface area contributed by atoms with Crippen molar-refractivity contribution < 1.29 is 18.7 Å². The molecule has 0 unspecified atom stereocenters. The van der Waals surface area contributed by atoms with E-state index in [0.717, 1.165) is 5.69 Å². The molecule has 0 aliphatic carbocycles. The summed E-state index contributed by atoms with van der Waals surface area (Å²) < 4.78 is 23.3. The van der Waals surface area contributed by atoms with Gasteiger partial charge < -0.3 is 14.8 Å². The van der Waals surface area contributed by atoms with Crippen molar-refractivity contribution in [2.24, 2.45) is 0 Å². The molecule has 2 aromatic carbocycles. The molecule has 0 spiro atoms. The quantitative estimate of drug-likeness (QED) is 0.630. The molecule has 0 heterocycles. The first-order chi connectivity index (χ1) is 11.1. The fourth-order valence-corrected chi connectivity index (χ4v) is 1.87. The van der Waals surface area contributed by atoms with Gasteiger partial charge in [-0.15, -0.1) is 0 Å². The SMILES string of the molecule is CCOC(=O)/C=C(/C)Nc1ccc(Oc2ccc(F)cc2)cc1. The van der Waals surface area contributed by atoms with Gasteiger partial charge in [0.2, 0.25) is 0 Å². The molecule has 5 heteroatoms. The Labute approximate surface area is 134 Å². The maximum atomic E-state index is 12.8. The first kappa shape index (κ1) is 16.5. The number of carbonyl (C=O) groups is 1. The van der Waals surface area contributed by atoms with Crippen LogP contribution >= 0.6 is 0 Å². The summed E-state index contributed by atoms with van der Waals surface area (Å²) in [6.45, 7) is 3.88. The number of rotatable bonds is 6. The minimum Gasteiger partial charge on any atom is -0.463 e. The number of carbonyl (C=O) groups excluding carboxylic acids is 1. The number of esters is 1. The van der Waals surface area contributed by atoms with Crippen LogP contribution in [-0.2, 0) is 9.53 Å². The molecule has 2 rings (SSSR count). The Morgan fingerprint density at radius 3 is 2.22 bits per heavy atom. The standard InChI is InChI=1S/C18H18FNO3/c1-3-22-18(21)12-13(2)20-15-6-10-17(11-7-15)23-16-8-4-14(19)5-9-16/h4-12,20H,3H2,1-2H3/b13-12-. The van der Waals surface area contributed by atoms with Gasteiger partial charge in [-0.25, -0.2) is 9.18 Å². The zero-order valence-corrected chi connectivity index (χ0v) is 13.0. The number of anilines is 1. The Balaban J connectivity index is 1.96. The average Bonchev–Trinajstić information content (AvgIpc) is 2.51. The Kier molecular flexibility index (Phi) is 5.74. The van der Waals surface area contributed by atoms with Crippen LogP contribution in [-0.4, -0.2) is 12.6 Å². The van der Waals surface area contributed by atoms with Gasteiger partial charge in [-0.1, -0.05) is 0 Å². The molecule has 0 atom stereocenters. The molecule has 23 heavy (non-hydrogen) atoms. The normalized spacial score (nSPS) is 11.0. The molecule has 0 bridgehead atoms. The molecule has 120 valence electrons. The zero-order chi connectivity index (χ0) is 16.7. The van der Waals surface area contributed by atoms with Crippen molar-refractivity contribution in [2.45, 2.75) is 13.8 Å². The molecular formula is C18H18FNO3. The summed E-state index contributed by atoms with van der Waals surface area (Å²) in [5, 5.41) is 3.08. The minimum atomic E-state index is -0.381. The second-order valence-corrected chi connectivity index (χ2v) is 4.78. The number of ether oxygens (including phenoxy) is 2. The van der Waals surface area contributed by atoms with E-state index >= 15 is 0 Å². The van der Waals surface area contributed by atoms with E-state index in [4.69, 9.17) is 9.47 Å². The third kappa shape index (κ3) is 5.47. The van der Waals surface area contributed by atoms with E-state index in [2.05, 4.69) is 5.32 Å². The van der Waals surface area contributed by atoms with E-state index in [9.17, 15) is 9.18 Å². The van der Waals surface area contributed by atoms with Crippen molar-refractivity contribution in [1.29, 1.82) is 0 Å². The third-order valence-electron chi connectivity index (χ3n) is 2.87. The van der Waals surface area contributed by atoms with Crippen LogP contribution in [0.3, 0.4) is 0 Å². The molecule has 0 aliphatic rings. The van der Waals surface area contributed by atoms with Crippen LogP contribution in [0.15, 0.2) is 60.3 Å². The van der Waals surface area contributed by atoms with E-state index < -0.39 is 0 Å². The summed E-state index contributed by atoms with van der Waals surface area (Å²) >= 11 is 0. The summed E-state index contributed by atoms with van der Waals surface area (Å²) in [6, 6.07) is 13.0. The van der Waals surface area contributed by atoms with Gasteiger partial charge in [-0.05, 0) is 62.4 Å². The molecule has 0 aromatic heterocycles. The fourth-order valence-electron chi connectivity index (χ4n) is 1.87. The lowest BCUT2D eigenvalue weighted by molar-refractivity contribution is -0.137. The lowest BCUT2D eigenvalue weighted by Gasteiger charge is -2.09. The fraction of sp³-hybridized carbons (Fsp3) is 0.167. The third-order valence-corrected chi connectivity index (χ3v) is 2.87. The van der Waals surface area contributed by atoms with E-state index in [-0.39, 0.29) is 11.8 Å². The van der Waals surface area contributed by atoms with Crippen molar-refractivity contribution in [3.8, 4) is 11.5 Å². The van der Waals surface area contributed by atoms with Crippen molar-refractivity contribution >= 4 is 11.7 Å². The highest BCUT2D eigenvalue weighted by Crippen LogP contribution is 2.23. The Bertz CT molecular complexity index is 678. The largest absolute Gasteiger partial charge is 0.463 e. The maximum Gasteiger partial charge on any atom is 0.332 e. The van der Waals surface area contributed by atoms with E-state index in [1.165, 1.54) is 18.2 Å². The van der Waals surface area contributed by atoms with Gasteiger partial charge in [0.1, 0.15) is 17.3 Å². The molecule has 1 N–H and O–H groups in total. The zero-order valence-electron chi connectivity index (χ0n) is 13.0. The Hall–Kier alpha value is -2.82. The molecule has 4 nitrogen and oxygen atoms in total. The summed E-state index contributed by atoms with van der Waals surface area (Å²) in [5.41, 5.74) is 1.49. The summed E-state index contributed by atoms with van der Waals surface area (Å²) in [4.78, 5) is 11.3. The van der Waals surface area contributed by atoms with E-state index in [1.54, 1.807) is 38.1 Å². The van der Waals surface area contributed by atoms with Crippen LogP contribution in [0.1, 0.15) is 13.8 Å². The van der Waals surface area contributed by atoms with Crippen LogP contribution < -0.4 is 10.1 Å². The van der Waals surface area contributed by atoms with E-state index in [0.29, 0.717) is 23.8 Å². The number of halogens is 1. The second-order valence-electron chi connectivity index (χ2n) is 4.78. The first-order valence-corrected chi connectivity index (χ1v) is 7.22. The van der Waals surface area contributed by atoms with Gasteiger partial charge in [0.25, 0.3) is 0 Å². The molecular weight excluding hydrogens is 297 g/mol. The molecule has 2 aromatic rings. The monoisotopic (exact) mass is 315 g/mol. The van der Waals surface area contributed by atoms with Crippen LogP contribution in [0.4, 0.5) is 10.1 Å². The summed E-state index contributed by atoms with van der Waals surface area (Å²) in [5.74, 6) is 0.509. The highest BCUT2D eigenvalue weighted by atomic mass is 19.1. The van der Waals surface area contributed by atoms with Gasteiger partial charge in [0.15, 0.2) is 0 Å². The minimum absolute atomic E-state index is 0.305. The van der Waals surface area contributed by atoms with Gasteiger partial charge in [0.05, 0.1) is 6.61 Å². The van der Waals surface area contributed by atoms with Crippen LogP contribution in [0, 0.1) is 5.82 Å². The van der Waals surface area contributed by atoms with Crippen molar-refractivity contribution in [3.63, 3.8) is 0 Å². The number of hydrogen-bond donors (Lipinski definition) is 1. The number of nitrogens with one attached hydrogen (secondary N) is 1. The first-order valence-electron chi connectivity index (χ1n) is 7.22. The van der Waals surface area contributed by atoms with Crippen molar-refractivity contribution in [3.05, 3.63) is 66.1 Å². The van der Waals surface area contributed by atoms with Crippen LogP contribution in [0.25, 0.3) is 0 Å². The predicted molar refractivity (Wildman–Crippen MR) is 86.9 cm³/mol. The highest BCUT2D eigenvalue weighted by Gasteiger charge is 2.01. The van der Waals surface area contributed by atoms with Crippen molar-refractivity contribution in [2.75, 3.05) is 11.9 Å². The van der Waals surface area contributed by atoms with E-state index in [1.807, 2.05) is 12.1 Å². The smallest absolute Gasteiger partial charge is 0.332 e. The lowest BCUT2D eigenvalue weighted by Crippen LogP contribution is -2.04. The van der Waals surface area contributed by atoms with Crippen molar-refractivity contribution in [1.82, 2.24) is 0 Å². The molecule has 0 fully saturated rings. The molecule has 0 aliphatic heterocycles. The molecule has 0 radical (unpaired) electrons. The summed E-state index contributed by atoms with van der Waals surface area (Å²) in [7, 11) is 0. The van der Waals surface area contributed by atoms with Crippen LogP contribution in [0.2, 0.25) is 0 Å². The summed E-state index contributed by atoms with van der Waals surface area (Å²) in [6.07, 6.45) is 1.40. The average molecular weight is 315 g/mol. The number of hydrogen-bond acceptors (Lipinski definition) is 4. The molecule has 0 saturated carbocycles. The van der Waals surface area contributed by atoms with Gasteiger partial charge in [0, 0.05) is 17.5 Å². The second kappa shape index (κ2) is 7.98. The number of allylic oxidation sites excluding steroid dienone is 1.